The normalized spacial score (nSPS) is 27.1. The zero-order valence-electron chi connectivity index (χ0n) is 5.75. The van der Waals surface area contributed by atoms with Crippen molar-refractivity contribution in [2.75, 3.05) is 0 Å². The van der Waals surface area contributed by atoms with Gasteiger partial charge in [-0.05, 0) is 11.6 Å². The van der Waals surface area contributed by atoms with Crippen molar-refractivity contribution in [3.05, 3.63) is 41.5 Å². The second-order valence-corrected chi connectivity index (χ2v) is 3.13. The Bertz CT molecular complexity index is 315. The lowest BCUT2D eigenvalue weighted by atomic mass is 10.1. The molecule has 55 valence electrons. The fourth-order valence-corrected chi connectivity index (χ4v) is 1.47. The summed E-state index contributed by atoms with van der Waals surface area (Å²) in [5.74, 6) is 0. The van der Waals surface area contributed by atoms with E-state index in [0.29, 0.717) is 5.56 Å². The van der Waals surface area contributed by atoms with E-state index < -0.39 is 5.06 Å². The molecule has 0 aromatic heterocycles. The first kappa shape index (κ1) is 6.89. The molecule has 1 atom stereocenters. The Morgan fingerprint density at radius 2 is 2.00 bits per heavy atom. The summed E-state index contributed by atoms with van der Waals surface area (Å²) >= 11 is 5.66. The molecule has 2 rings (SSSR count). The minimum atomic E-state index is -1.53. The molecule has 1 aliphatic rings. The number of halogens is 1. The largest absolute Gasteiger partial charge is 0.221 e. The molecule has 0 spiro atoms. The fraction of sp³-hybridized carbons (Fsp3) is 0.111. The van der Waals surface area contributed by atoms with E-state index in [1.807, 2.05) is 18.2 Å². The maximum Gasteiger partial charge on any atom is 0.221 e. The van der Waals surface area contributed by atoms with E-state index in [1.54, 1.807) is 12.1 Å². The van der Waals surface area contributed by atoms with Crippen molar-refractivity contribution >= 4 is 17.7 Å². The van der Waals surface area contributed by atoms with Gasteiger partial charge in [0.15, 0.2) is 0 Å². The molecule has 0 saturated heterocycles. The molecule has 1 unspecified atom stereocenters. The van der Waals surface area contributed by atoms with Crippen LogP contribution >= 0.6 is 11.6 Å². The van der Waals surface area contributed by atoms with Gasteiger partial charge in [0.1, 0.15) is 0 Å². The van der Waals surface area contributed by atoms with E-state index in [4.69, 9.17) is 11.6 Å². The Hall–Kier alpha value is -0.790. The van der Waals surface area contributed by atoms with Gasteiger partial charge >= 0.3 is 0 Å². The molecule has 0 N–H and O–H groups in total. The van der Waals surface area contributed by atoms with Crippen LogP contribution in [0.25, 0.3) is 6.08 Å². The molecule has 1 aromatic carbocycles. The average molecular weight is 166 g/mol. The summed E-state index contributed by atoms with van der Waals surface area (Å²) in [6, 6.07) is 7.35. The van der Waals surface area contributed by atoms with E-state index >= 15 is 0 Å². The topological polar surface area (TPSA) is 19.9 Å². The first-order valence-electron chi connectivity index (χ1n) is 3.38. The van der Waals surface area contributed by atoms with Crippen LogP contribution in [0.15, 0.2) is 30.3 Å². The number of hydrogen-bond acceptors (Lipinski definition) is 0. The fourth-order valence-electron chi connectivity index (χ4n) is 1.24. The van der Waals surface area contributed by atoms with Crippen molar-refractivity contribution in [1.29, 1.82) is 0 Å². The van der Waals surface area contributed by atoms with Crippen molar-refractivity contribution in [3.8, 4) is 0 Å². The van der Waals surface area contributed by atoms with Crippen molar-refractivity contribution in [3.63, 3.8) is 0 Å². The molecule has 0 amide bonds. The molecule has 1 nitrogen and oxygen atoms in total. The minimum absolute atomic E-state index is 0.654. The Labute approximate surface area is 69.9 Å². The van der Waals surface area contributed by atoms with Gasteiger partial charge in [-0.25, -0.2) is 5.11 Å². The summed E-state index contributed by atoms with van der Waals surface area (Å²) in [7, 11) is 0. The third-order valence-corrected chi connectivity index (χ3v) is 2.13. The number of rotatable bonds is 0. The Morgan fingerprint density at radius 3 is 2.73 bits per heavy atom. The highest BCUT2D eigenvalue weighted by Crippen LogP contribution is 2.37. The van der Waals surface area contributed by atoms with Gasteiger partial charge in [-0.1, -0.05) is 41.9 Å². The third kappa shape index (κ3) is 0.971. The molecular weight excluding hydrogens is 160 g/mol. The molecule has 0 bridgehead atoms. The maximum absolute atomic E-state index is 11.4. The van der Waals surface area contributed by atoms with Crippen LogP contribution in [0.2, 0.25) is 0 Å². The van der Waals surface area contributed by atoms with E-state index in [9.17, 15) is 5.11 Å². The lowest BCUT2D eigenvalue weighted by molar-refractivity contribution is 0.0920. The van der Waals surface area contributed by atoms with Crippen LogP contribution in [-0.4, -0.2) is 0 Å². The second kappa shape index (κ2) is 2.10. The van der Waals surface area contributed by atoms with Crippen LogP contribution in [-0.2, 0) is 10.2 Å². The lowest BCUT2D eigenvalue weighted by Crippen LogP contribution is -2.08. The second-order valence-electron chi connectivity index (χ2n) is 2.57. The molecule has 1 radical (unpaired) electrons. The van der Waals surface area contributed by atoms with Crippen LogP contribution in [0, 0.1) is 0 Å². The van der Waals surface area contributed by atoms with Gasteiger partial charge in [0.05, 0.1) is 0 Å². The van der Waals surface area contributed by atoms with Crippen LogP contribution in [0.3, 0.4) is 0 Å². The number of alkyl halides is 1. The zero-order chi connectivity index (χ0) is 7.90. The molecule has 1 aromatic rings. The number of fused-ring (bicyclic) bond motifs is 1. The summed E-state index contributed by atoms with van der Waals surface area (Å²) in [5, 5.41) is 9.87. The highest BCUT2D eigenvalue weighted by Gasteiger charge is 2.31. The van der Waals surface area contributed by atoms with Crippen LogP contribution in [0.4, 0.5) is 0 Å². The number of benzene rings is 1. The Kier molecular flexibility index (Phi) is 1.31. The summed E-state index contributed by atoms with van der Waals surface area (Å²) in [6.07, 6.45) is 3.23. The van der Waals surface area contributed by atoms with E-state index in [0.717, 1.165) is 5.56 Å². The van der Waals surface area contributed by atoms with Gasteiger partial charge in [0.25, 0.3) is 0 Å². The van der Waals surface area contributed by atoms with Gasteiger partial charge in [0.2, 0.25) is 5.06 Å². The minimum Gasteiger partial charge on any atom is -0.202 e. The van der Waals surface area contributed by atoms with Crippen LogP contribution in [0.1, 0.15) is 11.1 Å². The highest BCUT2D eigenvalue weighted by molar-refractivity contribution is 6.25. The van der Waals surface area contributed by atoms with E-state index in [2.05, 4.69) is 0 Å². The maximum atomic E-state index is 11.4. The lowest BCUT2D eigenvalue weighted by Gasteiger charge is -2.09. The smallest absolute Gasteiger partial charge is 0.202 e. The van der Waals surface area contributed by atoms with Gasteiger partial charge in [-0.15, -0.1) is 0 Å². The van der Waals surface area contributed by atoms with Gasteiger partial charge < -0.3 is 0 Å². The van der Waals surface area contributed by atoms with Crippen LogP contribution < -0.4 is 0 Å². The SMILES string of the molecule is [O]C1(Cl)C=Cc2ccccc21. The first-order chi connectivity index (χ1) is 5.20. The van der Waals surface area contributed by atoms with Gasteiger partial charge in [-0.2, -0.15) is 0 Å². The molecule has 1 aliphatic carbocycles. The zero-order valence-corrected chi connectivity index (χ0v) is 6.51. The van der Waals surface area contributed by atoms with E-state index in [-0.39, 0.29) is 0 Å². The predicted molar refractivity (Wildman–Crippen MR) is 43.7 cm³/mol. The van der Waals surface area contributed by atoms with Crippen molar-refractivity contribution in [2.24, 2.45) is 0 Å². The molecule has 11 heavy (non-hydrogen) atoms. The summed E-state index contributed by atoms with van der Waals surface area (Å²) in [4.78, 5) is 0. The first-order valence-corrected chi connectivity index (χ1v) is 3.76. The number of hydrogen-bond donors (Lipinski definition) is 0. The van der Waals surface area contributed by atoms with Crippen LogP contribution in [0.5, 0.6) is 0 Å². The van der Waals surface area contributed by atoms with E-state index in [1.165, 1.54) is 6.08 Å². The summed E-state index contributed by atoms with van der Waals surface area (Å²) < 4.78 is 0. The molecule has 0 heterocycles. The molecule has 0 saturated carbocycles. The molecule has 2 heteroatoms. The molecule has 0 fully saturated rings. The van der Waals surface area contributed by atoms with Crippen molar-refractivity contribution < 1.29 is 5.11 Å². The standard InChI is InChI=1S/C9H6ClO/c10-9(11)6-5-7-3-1-2-4-8(7)9/h1-6H. The third-order valence-electron chi connectivity index (χ3n) is 1.81. The highest BCUT2D eigenvalue weighted by atomic mass is 35.5. The monoisotopic (exact) mass is 165 g/mol. The Balaban J connectivity index is 2.64. The summed E-state index contributed by atoms with van der Waals surface area (Å²) in [5.41, 5.74) is 1.58. The van der Waals surface area contributed by atoms with Gasteiger partial charge in [0, 0.05) is 5.56 Å². The molecule has 0 aliphatic heterocycles. The van der Waals surface area contributed by atoms with Crippen molar-refractivity contribution in [2.45, 2.75) is 5.06 Å². The predicted octanol–water partition coefficient (Wildman–Crippen LogP) is 2.54. The van der Waals surface area contributed by atoms with Crippen molar-refractivity contribution in [1.82, 2.24) is 0 Å². The Morgan fingerprint density at radius 1 is 1.27 bits per heavy atom. The summed E-state index contributed by atoms with van der Waals surface area (Å²) in [6.45, 7) is 0. The van der Waals surface area contributed by atoms with Gasteiger partial charge in [-0.3, -0.25) is 0 Å². The average Bonchev–Trinajstić information content (AvgIpc) is 2.29. The quantitative estimate of drug-likeness (QED) is 0.527. The molecular formula is C9H6ClO.